The molecule has 0 N–H and O–H groups in total. The maximum Gasteiger partial charge on any atom is 0.282 e. The Bertz CT molecular complexity index is 762. The number of sulfonamides is 1. The minimum absolute atomic E-state index is 0.109. The number of allylic oxidation sites excluding steroid dienone is 4. The molecule has 0 atom stereocenters. The van der Waals surface area contributed by atoms with Crippen molar-refractivity contribution in [2.75, 3.05) is 0 Å². The minimum atomic E-state index is -3.80. The summed E-state index contributed by atoms with van der Waals surface area (Å²) >= 11 is 6.24. The van der Waals surface area contributed by atoms with Crippen LogP contribution >= 0.6 is 31.9 Å². The molecule has 7 heteroatoms. The van der Waals surface area contributed by atoms with Gasteiger partial charge in [0.1, 0.15) is 0 Å². The molecule has 1 aromatic carbocycles. The van der Waals surface area contributed by atoms with Gasteiger partial charge in [0.2, 0.25) is 5.78 Å². The van der Waals surface area contributed by atoms with Crippen molar-refractivity contribution >= 4 is 53.4 Å². The van der Waals surface area contributed by atoms with Gasteiger partial charge in [0.15, 0.2) is 0 Å². The van der Waals surface area contributed by atoms with Gasteiger partial charge >= 0.3 is 0 Å². The van der Waals surface area contributed by atoms with Crippen molar-refractivity contribution in [3.05, 3.63) is 50.9 Å². The highest BCUT2D eigenvalue weighted by atomic mass is 79.9. The summed E-state index contributed by atoms with van der Waals surface area (Å²) in [5.41, 5.74) is 0.713. The van der Waals surface area contributed by atoms with E-state index in [1.165, 1.54) is 18.2 Å². The van der Waals surface area contributed by atoms with Crippen LogP contribution in [0.1, 0.15) is 6.92 Å². The van der Waals surface area contributed by atoms with Gasteiger partial charge in [-0.3, -0.25) is 4.79 Å². The van der Waals surface area contributed by atoms with Gasteiger partial charge < -0.3 is 0 Å². The molecule has 0 saturated carbocycles. The highest BCUT2D eigenvalue weighted by Crippen LogP contribution is 2.28. The quantitative estimate of drug-likeness (QED) is 0.691. The zero-order valence-corrected chi connectivity index (χ0v) is 14.3. The lowest BCUT2D eigenvalue weighted by atomic mass is 10.1. The number of hydrogen-bond acceptors (Lipinski definition) is 3. The molecule has 2 rings (SSSR count). The van der Waals surface area contributed by atoms with Crippen molar-refractivity contribution in [3.8, 4) is 0 Å². The van der Waals surface area contributed by atoms with Gasteiger partial charge in [-0.25, -0.2) is 0 Å². The average molecular weight is 419 g/mol. The molecule has 0 radical (unpaired) electrons. The Labute approximate surface area is 133 Å². The van der Waals surface area contributed by atoms with E-state index in [-0.39, 0.29) is 20.9 Å². The van der Waals surface area contributed by atoms with E-state index in [1.54, 1.807) is 25.1 Å². The third-order valence-electron chi connectivity index (χ3n) is 2.65. The largest absolute Gasteiger partial charge is 0.287 e. The second kappa shape index (κ2) is 5.75. The molecule has 1 aliphatic carbocycles. The van der Waals surface area contributed by atoms with E-state index in [1.807, 2.05) is 0 Å². The molecule has 0 unspecified atom stereocenters. The summed E-state index contributed by atoms with van der Waals surface area (Å²) in [6.45, 7) is 1.64. The Morgan fingerprint density at radius 3 is 2.30 bits per heavy atom. The first-order chi connectivity index (χ1) is 9.33. The second-order valence-electron chi connectivity index (χ2n) is 4.03. The molecule has 0 fully saturated rings. The number of benzene rings is 1. The Balaban J connectivity index is 2.54. The number of Topliss-reactive ketones (excluding diaryl/α,β-unsaturated/α-hetero) is 1. The van der Waals surface area contributed by atoms with Crippen LogP contribution in [0, 0.1) is 0 Å². The fraction of sp³-hybridized carbons (Fsp3) is 0.0769. The molecule has 0 bridgehead atoms. The normalized spacial score (nSPS) is 18.4. The number of hydrogen-bond donors (Lipinski definition) is 0. The van der Waals surface area contributed by atoms with Crippen LogP contribution in [0.5, 0.6) is 0 Å². The highest BCUT2D eigenvalue weighted by Gasteiger charge is 2.23. The molecule has 0 saturated heterocycles. The molecule has 20 heavy (non-hydrogen) atoms. The van der Waals surface area contributed by atoms with Crippen LogP contribution in [-0.2, 0) is 14.8 Å². The van der Waals surface area contributed by atoms with Crippen LogP contribution in [0.4, 0.5) is 0 Å². The molecule has 0 amide bonds. The summed E-state index contributed by atoms with van der Waals surface area (Å²) in [6.07, 6.45) is 1.41. The fourth-order valence-electron chi connectivity index (χ4n) is 1.55. The Hall–Kier alpha value is -1.05. The van der Waals surface area contributed by atoms with Crippen molar-refractivity contribution in [1.82, 2.24) is 0 Å². The first-order valence-electron chi connectivity index (χ1n) is 5.51. The summed E-state index contributed by atoms with van der Waals surface area (Å²) in [7, 11) is -3.80. The maximum absolute atomic E-state index is 12.2. The summed E-state index contributed by atoms with van der Waals surface area (Å²) in [4.78, 5) is 11.8. The smallest absolute Gasteiger partial charge is 0.282 e. The van der Waals surface area contributed by atoms with Gasteiger partial charge in [0.25, 0.3) is 10.0 Å². The lowest BCUT2D eigenvalue weighted by molar-refractivity contribution is -0.110. The van der Waals surface area contributed by atoms with E-state index in [0.717, 1.165) is 0 Å². The number of nitrogens with zero attached hydrogens (tertiary/aromatic N) is 1. The molecular formula is C13H9Br2NO3S. The Kier molecular flexibility index (Phi) is 4.41. The van der Waals surface area contributed by atoms with Crippen LogP contribution < -0.4 is 0 Å². The molecule has 0 aromatic heterocycles. The number of carbonyl (C=O) groups excluding carboxylic acids is 1. The Morgan fingerprint density at radius 1 is 1.10 bits per heavy atom. The van der Waals surface area contributed by atoms with Crippen LogP contribution in [0.15, 0.2) is 60.2 Å². The number of ketones is 1. The Morgan fingerprint density at radius 2 is 1.70 bits per heavy atom. The molecule has 104 valence electrons. The standard InChI is InChI=1S/C13H9Br2NO3S/c1-8-11(7-10(14)13(17)12(8)15)16-20(18,19)9-5-3-2-4-6-9/h2-7H,1H3/b16-11-. The third-order valence-corrected chi connectivity index (χ3v) is 5.50. The van der Waals surface area contributed by atoms with Gasteiger partial charge in [0.05, 0.1) is 19.6 Å². The molecule has 0 aliphatic heterocycles. The van der Waals surface area contributed by atoms with Crippen molar-refractivity contribution in [1.29, 1.82) is 0 Å². The van der Waals surface area contributed by atoms with E-state index >= 15 is 0 Å². The topological polar surface area (TPSA) is 63.6 Å². The summed E-state index contributed by atoms with van der Waals surface area (Å²) in [5.74, 6) is -0.237. The summed E-state index contributed by atoms with van der Waals surface area (Å²) in [5, 5.41) is 0. The van der Waals surface area contributed by atoms with Gasteiger partial charge in [-0.05, 0) is 62.6 Å². The average Bonchev–Trinajstić information content (AvgIpc) is 2.43. The zero-order chi connectivity index (χ0) is 14.9. The van der Waals surface area contributed by atoms with Crippen molar-refractivity contribution in [3.63, 3.8) is 0 Å². The monoisotopic (exact) mass is 417 g/mol. The number of halogens is 2. The fourth-order valence-corrected chi connectivity index (χ4v) is 3.70. The molecule has 1 aromatic rings. The van der Waals surface area contributed by atoms with Crippen LogP contribution in [-0.4, -0.2) is 19.9 Å². The van der Waals surface area contributed by atoms with Gasteiger partial charge in [-0.2, -0.15) is 12.8 Å². The third kappa shape index (κ3) is 2.99. The second-order valence-corrected chi connectivity index (χ2v) is 7.28. The van der Waals surface area contributed by atoms with Crippen LogP contribution in [0.3, 0.4) is 0 Å². The summed E-state index contributed by atoms with van der Waals surface area (Å²) in [6, 6.07) is 7.92. The van der Waals surface area contributed by atoms with E-state index in [0.29, 0.717) is 10.1 Å². The predicted molar refractivity (Wildman–Crippen MR) is 84.7 cm³/mol. The maximum atomic E-state index is 12.2. The molecule has 0 heterocycles. The van der Waals surface area contributed by atoms with Gasteiger partial charge in [-0.15, -0.1) is 0 Å². The predicted octanol–water partition coefficient (Wildman–Crippen LogP) is 3.35. The van der Waals surface area contributed by atoms with E-state index in [2.05, 4.69) is 36.3 Å². The highest BCUT2D eigenvalue weighted by molar-refractivity contribution is 9.13. The van der Waals surface area contributed by atoms with E-state index in [9.17, 15) is 13.2 Å². The van der Waals surface area contributed by atoms with E-state index in [4.69, 9.17) is 0 Å². The number of carbonyl (C=O) groups is 1. The first kappa shape index (κ1) is 15.3. The molecular weight excluding hydrogens is 410 g/mol. The van der Waals surface area contributed by atoms with Gasteiger partial charge in [-0.1, -0.05) is 18.2 Å². The lowest BCUT2D eigenvalue weighted by Gasteiger charge is -2.12. The van der Waals surface area contributed by atoms with Crippen molar-refractivity contribution in [2.45, 2.75) is 11.8 Å². The first-order valence-corrected chi connectivity index (χ1v) is 8.54. The molecule has 1 aliphatic rings. The van der Waals surface area contributed by atoms with Crippen molar-refractivity contribution < 1.29 is 13.2 Å². The number of rotatable bonds is 2. The van der Waals surface area contributed by atoms with Crippen LogP contribution in [0.2, 0.25) is 0 Å². The van der Waals surface area contributed by atoms with Crippen LogP contribution in [0.25, 0.3) is 0 Å². The molecule has 0 spiro atoms. The van der Waals surface area contributed by atoms with Crippen molar-refractivity contribution in [2.24, 2.45) is 4.40 Å². The summed E-state index contributed by atoms with van der Waals surface area (Å²) < 4.78 is 28.7. The zero-order valence-electron chi connectivity index (χ0n) is 10.3. The molecule has 4 nitrogen and oxygen atoms in total. The van der Waals surface area contributed by atoms with E-state index < -0.39 is 10.0 Å². The SMILES string of the molecule is CC1=C(Br)C(=O)C(Br)=C/C1=N/S(=O)(=O)c1ccccc1. The minimum Gasteiger partial charge on any atom is -0.287 e. The lowest BCUT2D eigenvalue weighted by Crippen LogP contribution is -2.14. The van der Waals surface area contributed by atoms with Gasteiger partial charge in [0, 0.05) is 0 Å².